The summed E-state index contributed by atoms with van der Waals surface area (Å²) < 4.78 is 36.6. The summed E-state index contributed by atoms with van der Waals surface area (Å²) in [6, 6.07) is 0. The number of nitrogens with one attached hydrogen (secondary N) is 1. The van der Waals surface area contributed by atoms with Crippen LogP contribution in [-0.4, -0.2) is 53.8 Å². The fourth-order valence-electron chi connectivity index (χ4n) is 9.24. The van der Waals surface area contributed by atoms with Crippen LogP contribution >= 0.6 is 0 Å². The molecular formula is C26H43NO8S. The van der Waals surface area contributed by atoms with E-state index in [1.165, 1.54) is 0 Å². The maximum absolute atomic E-state index is 12.1. The van der Waals surface area contributed by atoms with Crippen molar-refractivity contribution in [3.8, 4) is 0 Å². The van der Waals surface area contributed by atoms with Gasteiger partial charge in [0.1, 0.15) is 6.54 Å². The topological polar surface area (TPSA) is 150 Å². The van der Waals surface area contributed by atoms with Gasteiger partial charge in [-0.2, -0.15) is 8.42 Å². The Labute approximate surface area is 214 Å². The lowest BCUT2D eigenvalue weighted by molar-refractivity contribution is -0.172. The maximum atomic E-state index is 12.1. The molecule has 0 aromatic rings. The molecule has 9 nitrogen and oxygen atoms in total. The zero-order valence-corrected chi connectivity index (χ0v) is 22.5. The molecule has 4 saturated carbocycles. The van der Waals surface area contributed by atoms with Gasteiger partial charge in [0, 0.05) is 6.42 Å². The van der Waals surface area contributed by atoms with E-state index in [-0.39, 0.29) is 35.1 Å². The van der Waals surface area contributed by atoms with Crippen molar-refractivity contribution in [1.82, 2.24) is 5.32 Å². The highest BCUT2D eigenvalue weighted by molar-refractivity contribution is 7.80. The minimum absolute atomic E-state index is 0.0240. The Balaban J connectivity index is 1.43. The van der Waals surface area contributed by atoms with Gasteiger partial charge in [-0.15, -0.1) is 0 Å². The summed E-state index contributed by atoms with van der Waals surface area (Å²) in [6.07, 6.45) is 6.98. The van der Waals surface area contributed by atoms with E-state index in [0.717, 1.165) is 38.5 Å². The van der Waals surface area contributed by atoms with Gasteiger partial charge in [0.25, 0.3) is 0 Å². The second kappa shape index (κ2) is 10.2. The first kappa shape index (κ1) is 27.8. The number of aliphatic carboxylic acids is 1. The van der Waals surface area contributed by atoms with E-state index >= 15 is 0 Å². The Kier molecular flexibility index (Phi) is 7.84. The molecule has 4 fully saturated rings. The van der Waals surface area contributed by atoms with Gasteiger partial charge in [-0.1, -0.05) is 20.8 Å². The van der Waals surface area contributed by atoms with Crippen molar-refractivity contribution in [2.45, 2.75) is 97.2 Å². The van der Waals surface area contributed by atoms with Gasteiger partial charge < -0.3 is 15.5 Å². The Morgan fingerprint density at radius 3 is 2.39 bits per heavy atom. The third kappa shape index (κ3) is 5.33. The maximum Gasteiger partial charge on any atom is 0.397 e. The van der Waals surface area contributed by atoms with Crippen LogP contribution in [0, 0.1) is 46.3 Å². The number of carbonyl (C=O) groups is 2. The van der Waals surface area contributed by atoms with Gasteiger partial charge in [-0.25, -0.2) is 4.18 Å². The monoisotopic (exact) mass is 529 g/mol. The molecule has 0 spiro atoms. The summed E-state index contributed by atoms with van der Waals surface area (Å²) in [5.74, 6) is 0.732. The molecular weight excluding hydrogens is 486 g/mol. The zero-order chi connectivity index (χ0) is 26.5. The molecule has 0 saturated heterocycles. The van der Waals surface area contributed by atoms with Crippen LogP contribution in [0.3, 0.4) is 0 Å². The molecule has 10 heteroatoms. The van der Waals surface area contributed by atoms with Gasteiger partial charge in [0.2, 0.25) is 5.91 Å². The Morgan fingerprint density at radius 2 is 1.72 bits per heavy atom. The molecule has 0 bridgehead atoms. The van der Waals surface area contributed by atoms with Crippen LogP contribution < -0.4 is 5.32 Å². The fraction of sp³-hybridized carbons (Fsp3) is 0.923. The fourth-order valence-corrected chi connectivity index (χ4v) is 9.76. The van der Waals surface area contributed by atoms with Gasteiger partial charge in [0.15, 0.2) is 0 Å². The SMILES string of the molecule is C[C@H](CCC(=O)NCC(=O)O)[C@H]1CCC2C3C(CC[C@@]21C)[C@@]1(C)CC[C@@H](OS(=O)(=O)O)C[C@H]1C[C@H]3O. The van der Waals surface area contributed by atoms with E-state index in [4.69, 9.17) is 13.8 Å². The summed E-state index contributed by atoms with van der Waals surface area (Å²) in [7, 11) is -4.48. The number of rotatable bonds is 8. The van der Waals surface area contributed by atoms with Crippen molar-refractivity contribution < 1.29 is 37.0 Å². The standard InChI is InChI=1S/C26H43NO8S/c1-15(4-7-22(29)27-14-23(30)31)18-5-6-19-24-20(9-11-26(18,19)3)25(2)10-8-17(35-36(32,33)34)12-16(25)13-21(24)28/h15-21,24,28H,4-14H2,1-3H3,(H,27,29)(H,30,31)(H,32,33,34)/t15-,16+,17-,18-,19?,20?,21-,24?,25+,26-/m1/s1. The summed E-state index contributed by atoms with van der Waals surface area (Å²) >= 11 is 0. The number of carboxylic acids is 1. The number of hydrogen-bond acceptors (Lipinski definition) is 6. The lowest BCUT2D eigenvalue weighted by Crippen LogP contribution is -2.58. The van der Waals surface area contributed by atoms with E-state index in [1.807, 2.05) is 0 Å². The zero-order valence-electron chi connectivity index (χ0n) is 21.7. The second-order valence-electron chi connectivity index (χ2n) is 12.6. The van der Waals surface area contributed by atoms with E-state index in [9.17, 15) is 23.1 Å². The van der Waals surface area contributed by atoms with Crippen molar-refractivity contribution in [2.75, 3.05) is 6.54 Å². The number of aliphatic hydroxyl groups is 1. The first-order chi connectivity index (χ1) is 16.7. The highest BCUT2D eigenvalue weighted by Crippen LogP contribution is 2.68. The van der Waals surface area contributed by atoms with Crippen LogP contribution in [0.2, 0.25) is 0 Å². The summed E-state index contributed by atoms with van der Waals surface area (Å²) in [5.41, 5.74) is 0.129. The number of carboxylic acid groups (broad SMARTS) is 1. The number of carbonyl (C=O) groups excluding carboxylic acids is 1. The summed E-state index contributed by atoms with van der Waals surface area (Å²) in [6.45, 7) is 6.56. The molecule has 0 aliphatic heterocycles. The van der Waals surface area contributed by atoms with Crippen LogP contribution in [0.5, 0.6) is 0 Å². The average molecular weight is 530 g/mol. The lowest BCUT2D eigenvalue weighted by atomic mass is 9.43. The average Bonchev–Trinajstić information content (AvgIpc) is 3.13. The van der Waals surface area contributed by atoms with Crippen molar-refractivity contribution in [3.63, 3.8) is 0 Å². The van der Waals surface area contributed by atoms with E-state index in [2.05, 4.69) is 26.1 Å². The van der Waals surface area contributed by atoms with Crippen LogP contribution in [0.15, 0.2) is 0 Å². The van der Waals surface area contributed by atoms with Gasteiger partial charge in [-0.3, -0.25) is 14.1 Å². The van der Waals surface area contributed by atoms with E-state index in [1.54, 1.807) is 0 Å². The van der Waals surface area contributed by atoms with Crippen molar-refractivity contribution in [3.05, 3.63) is 0 Å². The molecule has 0 aromatic carbocycles. The highest BCUT2D eigenvalue weighted by Gasteiger charge is 2.63. The third-order valence-electron chi connectivity index (χ3n) is 10.9. The lowest BCUT2D eigenvalue weighted by Gasteiger charge is -2.62. The Bertz CT molecular complexity index is 956. The molecule has 10 atom stereocenters. The van der Waals surface area contributed by atoms with Gasteiger partial charge >= 0.3 is 16.4 Å². The molecule has 0 heterocycles. The van der Waals surface area contributed by atoms with Crippen molar-refractivity contribution in [2.24, 2.45) is 46.3 Å². The van der Waals surface area contributed by atoms with Crippen LogP contribution in [-0.2, 0) is 24.2 Å². The highest BCUT2D eigenvalue weighted by atomic mass is 32.3. The molecule has 206 valence electrons. The number of amides is 1. The number of fused-ring (bicyclic) bond motifs is 5. The van der Waals surface area contributed by atoms with E-state index < -0.39 is 28.6 Å². The molecule has 4 aliphatic carbocycles. The molecule has 36 heavy (non-hydrogen) atoms. The summed E-state index contributed by atoms with van der Waals surface area (Å²) in [5, 5.41) is 22.7. The molecule has 4 aliphatic rings. The molecule has 4 N–H and O–H groups in total. The largest absolute Gasteiger partial charge is 0.480 e. The first-order valence-electron chi connectivity index (χ1n) is 13.6. The number of hydrogen-bond donors (Lipinski definition) is 4. The third-order valence-corrected chi connectivity index (χ3v) is 11.4. The van der Waals surface area contributed by atoms with Gasteiger partial charge in [-0.05, 0) is 104 Å². The first-order valence-corrected chi connectivity index (χ1v) is 14.9. The molecule has 0 aromatic heterocycles. The van der Waals surface area contributed by atoms with Crippen LogP contribution in [0.1, 0.15) is 85.0 Å². The normalized spacial score (nSPS) is 43.1. The number of aliphatic hydroxyl groups excluding tert-OH is 1. The van der Waals surface area contributed by atoms with Crippen molar-refractivity contribution in [1.29, 1.82) is 0 Å². The molecule has 0 radical (unpaired) electrons. The predicted molar refractivity (Wildman–Crippen MR) is 132 cm³/mol. The van der Waals surface area contributed by atoms with Crippen molar-refractivity contribution >= 4 is 22.3 Å². The predicted octanol–water partition coefficient (Wildman–Crippen LogP) is 3.42. The van der Waals surface area contributed by atoms with Crippen LogP contribution in [0.25, 0.3) is 0 Å². The van der Waals surface area contributed by atoms with Crippen LogP contribution in [0.4, 0.5) is 0 Å². The second-order valence-corrected chi connectivity index (χ2v) is 13.7. The minimum Gasteiger partial charge on any atom is -0.480 e. The van der Waals surface area contributed by atoms with E-state index in [0.29, 0.717) is 49.4 Å². The smallest absolute Gasteiger partial charge is 0.397 e. The Hall–Kier alpha value is -1.23. The van der Waals surface area contributed by atoms with Gasteiger partial charge in [0.05, 0.1) is 12.2 Å². The molecule has 4 rings (SSSR count). The quantitative estimate of drug-likeness (QED) is 0.349. The molecule has 1 amide bonds. The minimum atomic E-state index is -4.48. The Morgan fingerprint density at radius 1 is 1.06 bits per heavy atom. The molecule has 3 unspecified atom stereocenters. The summed E-state index contributed by atoms with van der Waals surface area (Å²) in [4.78, 5) is 22.8.